The number of thiophene rings is 1. The monoisotopic (exact) mass is 237 g/mol. The Morgan fingerprint density at radius 2 is 2.20 bits per heavy atom. The molecular weight excluding hydrogens is 226 g/mol. The zero-order chi connectivity index (χ0) is 10.8. The fourth-order valence-corrected chi connectivity index (χ4v) is 2.87. The van der Waals surface area contributed by atoms with E-state index in [2.05, 4.69) is 4.98 Å². The maximum Gasteiger partial charge on any atom is 0.179 e. The molecule has 78 valence electrons. The second-order valence-corrected chi connectivity index (χ2v) is 5.62. The highest BCUT2D eigenvalue weighted by molar-refractivity contribution is 7.14. The Morgan fingerprint density at radius 1 is 1.40 bits per heavy atom. The zero-order valence-electron chi connectivity index (χ0n) is 8.61. The number of aryl methyl sites for hydroxylation is 2. The van der Waals surface area contributed by atoms with Gasteiger partial charge in [0.05, 0.1) is 11.3 Å². The fraction of sp³-hybridized carbons (Fsp3) is 0.273. The summed E-state index contributed by atoms with van der Waals surface area (Å²) in [5.74, 6) is 0.169. The number of hydrogen-bond acceptors (Lipinski definition) is 4. The van der Waals surface area contributed by atoms with Crippen molar-refractivity contribution in [3.8, 4) is 0 Å². The molecule has 0 fully saturated rings. The zero-order valence-corrected chi connectivity index (χ0v) is 10.2. The average Bonchev–Trinajstić information content (AvgIpc) is 2.75. The number of carbonyl (C=O) groups excluding carboxylic acids is 1. The van der Waals surface area contributed by atoms with Crippen LogP contribution in [0.5, 0.6) is 0 Å². The number of carbonyl (C=O) groups is 1. The maximum absolute atomic E-state index is 11.8. The molecule has 0 radical (unpaired) electrons. The quantitative estimate of drug-likeness (QED) is 0.767. The number of ketones is 1. The first kappa shape index (κ1) is 10.5. The second-order valence-electron chi connectivity index (χ2n) is 3.39. The molecule has 0 saturated heterocycles. The lowest BCUT2D eigenvalue weighted by molar-refractivity contribution is 0.0997. The number of nitrogens with zero attached hydrogens (tertiary/aromatic N) is 1. The molecule has 2 nitrogen and oxygen atoms in total. The van der Waals surface area contributed by atoms with Gasteiger partial charge in [0.15, 0.2) is 5.78 Å². The van der Waals surface area contributed by atoms with E-state index in [-0.39, 0.29) is 5.78 Å². The summed E-state index contributed by atoms with van der Waals surface area (Å²) in [6.45, 7) is 3.95. The van der Waals surface area contributed by atoms with Gasteiger partial charge in [-0.25, -0.2) is 4.98 Å². The van der Waals surface area contributed by atoms with Crippen LogP contribution < -0.4 is 0 Å². The molecule has 2 heterocycles. The van der Waals surface area contributed by atoms with Crippen LogP contribution in [0.25, 0.3) is 0 Å². The van der Waals surface area contributed by atoms with E-state index in [4.69, 9.17) is 0 Å². The van der Waals surface area contributed by atoms with Crippen molar-refractivity contribution in [1.29, 1.82) is 0 Å². The molecule has 0 unspecified atom stereocenters. The molecule has 0 aliphatic carbocycles. The molecule has 0 amide bonds. The smallest absolute Gasteiger partial charge is 0.179 e. The van der Waals surface area contributed by atoms with Crippen molar-refractivity contribution in [3.63, 3.8) is 0 Å². The van der Waals surface area contributed by atoms with Crippen molar-refractivity contribution in [2.24, 2.45) is 0 Å². The molecule has 0 bridgehead atoms. The molecule has 2 aromatic heterocycles. The van der Waals surface area contributed by atoms with Crippen LogP contribution in [0.15, 0.2) is 17.5 Å². The predicted octanol–water partition coefficient (Wildman–Crippen LogP) is 3.25. The van der Waals surface area contributed by atoms with Gasteiger partial charge in [-0.1, -0.05) is 0 Å². The summed E-state index contributed by atoms with van der Waals surface area (Å²) in [7, 11) is 0. The lowest BCUT2D eigenvalue weighted by atomic mass is 10.2. The van der Waals surface area contributed by atoms with Crippen LogP contribution in [0.2, 0.25) is 0 Å². The van der Waals surface area contributed by atoms with Gasteiger partial charge in [0.25, 0.3) is 0 Å². The first-order valence-corrected chi connectivity index (χ1v) is 6.35. The maximum atomic E-state index is 11.8. The highest BCUT2D eigenvalue weighted by Gasteiger charge is 2.11. The molecule has 0 N–H and O–H groups in total. The molecule has 4 heteroatoms. The minimum absolute atomic E-state index is 0.169. The number of Topliss-reactive ketones (excluding diaryl/α,β-unsaturated/α-hetero) is 1. The van der Waals surface area contributed by atoms with E-state index in [0.717, 1.165) is 15.6 Å². The Balaban J connectivity index is 2.10. The average molecular weight is 237 g/mol. The van der Waals surface area contributed by atoms with Crippen molar-refractivity contribution in [2.45, 2.75) is 20.3 Å². The van der Waals surface area contributed by atoms with Crippen molar-refractivity contribution >= 4 is 28.5 Å². The minimum atomic E-state index is 0.169. The van der Waals surface area contributed by atoms with Crippen LogP contribution in [-0.4, -0.2) is 10.8 Å². The summed E-state index contributed by atoms with van der Waals surface area (Å²) in [5.41, 5.74) is 0.991. The summed E-state index contributed by atoms with van der Waals surface area (Å²) in [6.07, 6.45) is 0.429. The predicted molar refractivity (Wildman–Crippen MR) is 63.9 cm³/mol. The van der Waals surface area contributed by atoms with Gasteiger partial charge in [-0.2, -0.15) is 0 Å². The highest BCUT2D eigenvalue weighted by atomic mass is 32.1. The molecule has 0 aliphatic rings. The van der Waals surface area contributed by atoms with E-state index in [1.807, 2.05) is 31.4 Å². The van der Waals surface area contributed by atoms with E-state index in [1.54, 1.807) is 22.7 Å². The van der Waals surface area contributed by atoms with Gasteiger partial charge < -0.3 is 0 Å². The van der Waals surface area contributed by atoms with Gasteiger partial charge >= 0.3 is 0 Å². The number of rotatable bonds is 3. The normalized spacial score (nSPS) is 10.5. The SMILES string of the molecule is Cc1csc(CC(=O)c2ccc(C)s2)n1. The van der Waals surface area contributed by atoms with Crippen LogP contribution in [0, 0.1) is 13.8 Å². The van der Waals surface area contributed by atoms with E-state index >= 15 is 0 Å². The summed E-state index contributed by atoms with van der Waals surface area (Å²) in [4.78, 5) is 18.1. The molecule has 2 rings (SSSR count). The summed E-state index contributed by atoms with van der Waals surface area (Å²) in [6, 6.07) is 3.87. The van der Waals surface area contributed by atoms with Crippen molar-refractivity contribution < 1.29 is 4.79 Å². The molecule has 0 aromatic carbocycles. The van der Waals surface area contributed by atoms with Crippen LogP contribution >= 0.6 is 22.7 Å². The second kappa shape index (κ2) is 4.24. The van der Waals surface area contributed by atoms with Crippen LogP contribution in [0.3, 0.4) is 0 Å². The van der Waals surface area contributed by atoms with Crippen LogP contribution in [-0.2, 0) is 6.42 Å². The lowest BCUT2D eigenvalue weighted by Crippen LogP contribution is -2.00. The van der Waals surface area contributed by atoms with Crippen molar-refractivity contribution in [2.75, 3.05) is 0 Å². The Bertz CT molecular complexity index is 484. The van der Waals surface area contributed by atoms with E-state index < -0.39 is 0 Å². The minimum Gasteiger partial charge on any atom is -0.293 e. The summed E-state index contributed by atoms with van der Waals surface area (Å²) in [5, 5.41) is 2.88. The Morgan fingerprint density at radius 3 is 2.73 bits per heavy atom. The van der Waals surface area contributed by atoms with E-state index in [1.165, 1.54) is 4.88 Å². The molecule has 0 spiro atoms. The summed E-state index contributed by atoms with van der Waals surface area (Å²) < 4.78 is 0. The lowest BCUT2D eigenvalue weighted by Gasteiger charge is -1.93. The first-order chi connectivity index (χ1) is 7.15. The van der Waals surface area contributed by atoms with Gasteiger partial charge in [-0.15, -0.1) is 22.7 Å². The number of thiazole rings is 1. The Labute approximate surface area is 96.6 Å². The molecule has 0 atom stereocenters. The Kier molecular flexibility index (Phi) is 2.98. The topological polar surface area (TPSA) is 30.0 Å². The van der Waals surface area contributed by atoms with E-state index in [0.29, 0.717) is 6.42 Å². The standard InChI is InChI=1S/C11H11NOS2/c1-7-6-14-11(12-7)5-9(13)10-4-3-8(2)15-10/h3-4,6H,5H2,1-2H3. The van der Waals surface area contributed by atoms with Crippen molar-refractivity contribution in [3.05, 3.63) is 38.0 Å². The third kappa shape index (κ3) is 2.52. The third-order valence-electron chi connectivity index (χ3n) is 1.99. The van der Waals surface area contributed by atoms with Gasteiger partial charge in [0.1, 0.15) is 5.01 Å². The van der Waals surface area contributed by atoms with Gasteiger partial charge in [-0.3, -0.25) is 4.79 Å². The van der Waals surface area contributed by atoms with Gasteiger partial charge in [0, 0.05) is 16.0 Å². The third-order valence-corrected chi connectivity index (χ3v) is 4.00. The van der Waals surface area contributed by atoms with Crippen LogP contribution in [0.1, 0.15) is 25.3 Å². The molecule has 15 heavy (non-hydrogen) atoms. The first-order valence-electron chi connectivity index (χ1n) is 4.66. The van der Waals surface area contributed by atoms with Gasteiger partial charge in [0.2, 0.25) is 0 Å². The largest absolute Gasteiger partial charge is 0.293 e. The van der Waals surface area contributed by atoms with Crippen molar-refractivity contribution in [1.82, 2.24) is 4.98 Å². The molecule has 0 saturated carbocycles. The van der Waals surface area contributed by atoms with E-state index in [9.17, 15) is 4.79 Å². The van der Waals surface area contributed by atoms with Gasteiger partial charge in [-0.05, 0) is 26.0 Å². The molecule has 2 aromatic rings. The fourth-order valence-electron chi connectivity index (χ4n) is 1.29. The number of aromatic nitrogens is 1. The van der Waals surface area contributed by atoms with Crippen LogP contribution in [0.4, 0.5) is 0 Å². The summed E-state index contributed by atoms with van der Waals surface area (Å²) >= 11 is 3.10. The molecular formula is C11H11NOS2. The highest BCUT2D eigenvalue weighted by Crippen LogP contribution is 2.18. The number of hydrogen-bond donors (Lipinski definition) is 0. The Hall–Kier alpha value is -1.00. The molecule has 0 aliphatic heterocycles.